The number of rotatable bonds is 9. The molecule has 18 heavy (non-hydrogen) atoms. The predicted octanol–water partition coefficient (Wildman–Crippen LogP) is 4.01. The van der Waals surface area contributed by atoms with E-state index in [0.717, 1.165) is 18.5 Å². The van der Waals surface area contributed by atoms with Crippen molar-refractivity contribution in [3.63, 3.8) is 0 Å². The van der Waals surface area contributed by atoms with Crippen molar-refractivity contribution in [2.45, 2.75) is 71.3 Å². The van der Waals surface area contributed by atoms with E-state index in [4.69, 9.17) is 5.73 Å². The Morgan fingerprint density at radius 2 is 1.83 bits per heavy atom. The monoisotopic (exact) mass is 248 g/mol. The van der Waals surface area contributed by atoms with E-state index in [1.165, 1.54) is 44.1 Å². The molecule has 0 fully saturated rings. The van der Waals surface area contributed by atoms with Gasteiger partial charge in [-0.3, -0.25) is 4.98 Å². The van der Waals surface area contributed by atoms with Crippen molar-refractivity contribution < 1.29 is 0 Å². The second-order valence-electron chi connectivity index (χ2n) is 5.35. The first-order chi connectivity index (χ1) is 8.72. The molecule has 0 saturated heterocycles. The van der Waals surface area contributed by atoms with Gasteiger partial charge >= 0.3 is 0 Å². The molecule has 102 valence electrons. The number of unbranched alkanes of at least 4 members (excludes halogenated alkanes) is 5. The highest BCUT2D eigenvalue weighted by molar-refractivity contribution is 5.12. The molecule has 1 unspecified atom stereocenters. The zero-order valence-corrected chi connectivity index (χ0v) is 12.0. The quantitative estimate of drug-likeness (QED) is 0.671. The van der Waals surface area contributed by atoms with Crippen LogP contribution in [0.5, 0.6) is 0 Å². The number of nitrogens with zero attached hydrogens (tertiary/aromatic N) is 1. The number of hydrogen-bond acceptors (Lipinski definition) is 2. The molecule has 0 amide bonds. The van der Waals surface area contributed by atoms with Crippen molar-refractivity contribution in [3.8, 4) is 0 Å². The molecule has 1 heterocycles. The van der Waals surface area contributed by atoms with Crippen molar-refractivity contribution >= 4 is 0 Å². The lowest BCUT2D eigenvalue weighted by atomic mass is 10.0. The summed E-state index contributed by atoms with van der Waals surface area (Å²) in [6.07, 6.45) is 12.0. The van der Waals surface area contributed by atoms with Crippen molar-refractivity contribution in [2.24, 2.45) is 5.73 Å². The van der Waals surface area contributed by atoms with Crippen LogP contribution in [0.2, 0.25) is 0 Å². The molecule has 0 saturated carbocycles. The molecule has 0 radical (unpaired) electrons. The molecule has 0 aliphatic carbocycles. The van der Waals surface area contributed by atoms with E-state index < -0.39 is 0 Å². The van der Waals surface area contributed by atoms with Crippen LogP contribution in [0.3, 0.4) is 0 Å². The summed E-state index contributed by atoms with van der Waals surface area (Å²) in [7, 11) is 0. The lowest BCUT2D eigenvalue weighted by Crippen LogP contribution is -2.23. The molecule has 2 nitrogen and oxygen atoms in total. The first-order valence-electron chi connectivity index (χ1n) is 7.39. The maximum absolute atomic E-state index is 6.14. The second kappa shape index (κ2) is 9.09. The summed E-state index contributed by atoms with van der Waals surface area (Å²) in [6, 6.07) is 4.47. The van der Waals surface area contributed by atoms with Crippen molar-refractivity contribution in [1.82, 2.24) is 4.98 Å². The van der Waals surface area contributed by atoms with Gasteiger partial charge in [0, 0.05) is 24.4 Å². The van der Waals surface area contributed by atoms with Gasteiger partial charge in [0.25, 0.3) is 0 Å². The molecule has 0 aliphatic heterocycles. The van der Waals surface area contributed by atoms with Crippen molar-refractivity contribution in [2.75, 3.05) is 0 Å². The van der Waals surface area contributed by atoms with Gasteiger partial charge in [0.2, 0.25) is 0 Å². The Labute approximate surface area is 112 Å². The number of aromatic nitrogens is 1. The molecule has 0 aromatic carbocycles. The van der Waals surface area contributed by atoms with Gasteiger partial charge in [-0.15, -0.1) is 0 Å². The zero-order chi connectivity index (χ0) is 13.2. The van der Waals surface area contributed by atoms with E-state index in [0.29, 0.717) is 0 Å². The third-order valence-corrected chi connectivity index (χ3v) is 3.37. The largest absolute Gasteiger partial charge is 0.327 e. The van der Waals surface area contributed by atoms with E-state index >= 15 is 0 Å². The third kappa shape index (κ3) is 6.75. The van der Waals surface area contributed by atoms with Gasteiger partial charge in [0.15, 0.2) is 0 Å². The molecule has 0 aliphatic rings. The summed E-state index contributed by atoms with van der Waals surface area (Å²) in [5.41, 5.74) is 8.48. The molecule has 1 aromatic rings. The van der Waals surface area contributed by atoms with Crippen LogP contribution in [-0.2, 0) is 6.42 Å². The average molecular weight is 248 g/mol. The highest BCUT2D eigenvalue weighted by Gasteiger charge is 2.04. The van der Waals surface area contributed by atoms with Gasteiger partial charge < -0.3 is 5.73 Å². The SMILES string of the molecule is CCCCCCCCC(N)Cc1ccc(C)cn1. The number of nitrogens with two attached hydrogens (primary N) is 1. The van der Waals surface area contributed by atoms with Crippen LogP contribution in [0.25, 0.3) is 0 Å². The van der Waals surface area contributed by atoms with E-state index in [1.807, 2.05) is 6.20 Å². The fourth-order valence-corrected chi connectivity index (χ4v) is 2.18. The summed E-state index contributed by atoms with van der Waals surface area (Å²) in [4.78, 5) is 4.41. The normalized spacial score (nSPS) is 12.6. The summed E-state index contributed by atoms with van der Waals surface area (Å²) < 4.78 is 0. The Hall–Kier alpha value is -0.890. The summed E-state index contributed by atoms with van der Waals surface area (Å²) in [5, 5.41) is 0. The third-order valence-electron chi connectivity index (χ3n) is 3.37. The summed E-state index contributed by atoms with van der Waals surface area (Å²) in [6.45, 7) is 4.32. The van der Waals surface area contributed by atoms with Crippen LogP contribution in [0.4, 0.5) is 0 Å². The summed E-state index contributed by atoms with van der Waals surface area (Å²) in [5.74, 6) is 0. The van der Waals surface area contributed by atoms with Crippen LogP contribution >= 0.6 is 0 Å². The lowest BCUT2D eigenvalue weighted by molar-refractivity contribution is 0.529. The van der Waals surface area contributed by atoms with Crippen LogP contribution < -0.4 is 5.73 Å². The molecule has 1 aromatic heterocycles. The summed E-state index contributed by atoms with van der Waals surface area (Å²) >= 11 is 0. The Balaban J connectivity index is 2.10. The van der Waals surface area contributed by atoms with E-state index in [9.17, 15) is 0 Å². The number of hydrogen-bond donors (Lipinski definition) is 1. The molecular formula is C16H28N2. The predicted molar refractivity (Wildman–Crippen MR) is 78.6 cm³/mol. The maximum Gasteiger partial charge on any atom is 0.0419 e. The van der Waals surface area contributed by atoms with Gasteiger partial charge in [-0.2, -0.15) is 0 Å². The highest BCUT2D eigenvalue weighted by atomic mass is 14.7. The number of aryl methyl sites for hydroxylation is 1. The lowest BCUT2D eigenvalue weighted by Gasteiger charge is -2.11. The van der Waals surface area contributed by atoms with Gasteiger partial charge in [0.05, 0.1) is 0 Å². The van der Waals surface area contributed by atoms with E-state index in [1.54, 1.807) is 0 Å². The van der Waals surface area contributed by atoms with Crippen LogP contribution in [0.1, 0.15) is 63.1 Å². The Morgan fingerprint density at radius 1 is 1.11 bits per heavy atom. The van der Waals surface area contributed by atoms with E-state index in [2.05, 4.69) is 31.0 Å². The van der Waals surface area contributed by atoms with Crippen molar-refractivity contribution in [1.29, 1.82) is 0 Å². The van der Waals surface area contributed by atoms with Crippen LogP contribution in [0.15, 0.2) is 18.3 Å². The Kier molecular flexibility index (Phi) is 7.66. The topological polar surface area (TPSA) is 38.9 Å². The Bertz CT molecular complexity index is 305. The molecule has 2 heteroatoms. The van der Waals surface area contributed by atoms with Crippen LogP contribution in [0, 0.1) is 6.92 Å². The Morgan fingerprint density at radius 3 is 2.50 bits per heavy atom. The van der Waals surface area contributed by atoms with E-state index in [-0.39, 0.29) is 6.04 Å². The minimum absolute atomic E-state index is 0.270. The first kappa shape index (κ1) is 15.2. The first-order valence-corrected chi connectivity index (χ1v) is 7.39. The molecule has 1 atom stereocenters. The van der Waals surface area contributed by atoms with Gasteiger partial charge in [-0.25, -0.2) is 0 Å². The smallest absolute Gasteiger partial charge is 0.0419 e. The standard InChI is InChI=1S/C16H28N2/c1-3-4-5-6-7-8-9-15(17)12-16-11-10-14(2)13-18-16/h10-11,13,15H,3-9,12,17H2,1-2H3. The van der Waals surface area contributed by atoms with Crippen LogP contribution in [-0.4, -0.2) is 11.0 Å². The van der Waals surface area contributed by atoms with Gasteiger partial charge in [0.1, 0.15) is 0 Å². The molecule has 0 bridgehead atoms. The molecule has 2 N–H and O–H groups in total. The fourth-order valence-electron chi connectivity index (χ4n) is 2.18. The van der Waals surface area contributed by atoms with Gasteiger partial charge in [-0.1, -0.05) is 51.5 Å². The zero-order valence-electron chi connectivity index (χ0n) is 12.0. The molecule has 1 rings (SSSR count). The highest BCUT2D eigenvalue weighted by Crippen LogP contribution is 2.10. The van der Waals surface area contributed by atoms with Gasteiger partial charge in [-0.05, 0) is 25.0 Å². The maximum atomic E-state index is 6.14. The second-order valence-corrected chi connectivity index (χ2v) is 5.35. The minimum atomic E-state index is 0.270. The molecular weight excluding hydrogens is 220 g/mol. The molecule has 0 spiro atoms. The average Bonchev–Trinajstić information content (AvgIpc) is 2.36. The number of pyridine rings is 1. The fraction of sp³-hybridized carbons (Fsp3) is 0.688. The van der Waals surface area contributed by atoms with Crippen molar-refractivity contribution in [3.05, 3.63) is 29.6 Å². The minimum Gasteiger partial charge on any atom is -0.327 e.